The molecule has 0 bridgehead atoms. The maximum absolute atomic E-state index is 12.3. The average Bonchev–Trinajstić information content (AvgIpc) is 2.64. The molecule has 0 aliphatic rings. The Morgan fingerprint density at radius 3 is 2.43 bits per heavy atom. The van der Waals surface area contributed by atoms with Gasteiger partial charge in [-0.05, 0) is 25.1 Å². The van der Waals surface area contributed by atoms with E-state index in [2.05, 4.69) is 19.5 Å². The van der Waals surface area contributed by atoms with Crippen LogP contribution < -0.4 is 20.1 Å². The zero-order chi connectivity index (χ0) is 21.1. The van der Waals surface area contributed by atoms with Crippen LogP contribution in [0.1, 0.15) is 17.3 Å². The molecule has 28 heavy (non-hydrogen) atoms. The van der Waals surface area contributed by atoms with Gasteiger partial charge >= 0.3 is 18.7 Å². The van der Waals surface area contributed by atoms with E-state index >= 15 is 0 Å². The highest BCUT2D eigenvalue weighted by Gasteiger charge is 2.16. The second-order valence-electron chi connectivity index (χ2n) is 4.86. The molecule has 1 aromatic rings. The van der Waals surface area contributed by atoms with Crippen molar-refractivity contribution in [1.82, 2.24) is 10.6 Å². The highest BCUT2D eigenvalue weighted by Crippen LogP contribution is 2.29. The lowest BCUT2D eigenvalue weighted by molar-refractivity contribution is -0.147. The van der Waals surface area contributed by atoms with Gasteiger partial charge in [-0.15, -0.1) is 0 Å². The molecule has 0 aromatic heterocycles. The number of halogens is 2. The summed E-state index contributed by atoms with van der Waals surface area (Å²) in [4.78, 5) is 45.8. The fraction of sp³-hybridized carbons (Fsp3) is 0.375. The SMILES string of the molecule is CCOC(=O)NC(=O)COC(=O)CNC(=O)c1ccc(OC(F)F)c(OC)c1. The Hall–Kier alpha value is -3.44. The monoisotopic (exact) mass is 404 g/mol. The molecule has 3 amide bonds. The van der Waals surface area contributed by atoms with Crippen LogP contribution in [-0.2, 0) is 19.1 Å². The van der Waals surface area contributed by atoms with Gasteiger partial charge in [-0.1, -0.05) is 0 Å². The molecular formula is C16H18F2N2O8. The molecule has 0 unspecified atom stereocenters. The van der Waals surface area contributed by atoms with Crippen molar-refractivity contribution in [3.8, 4) is 11.5 Å². The first-order chi connectivity index (χ1) is 13.3. The van der Waals surface area contributed by atoms with Gasteiger partial charge in [0.25, 0.3) is 11.8 Å². The van der Waals surface area contributed by atoms with Crippen LogP contribution in [0, 0.1) is 0 Å². The maximum Gasteiger partial charge on any atom is 0.413 e. The van der Waals surface area contributed by atoms with Crippen molar-refractivity contribution in [3.05, 3.63) is 23.8 Å². The van der Waals surface area contributed by atoms with E-state index in [1.807, 2.05) is 5.32 Å². The topological polar surface area (TPSA) is 129 Å². The van der Waals surface area contributed by atoms with Crippen molar-refractivity contribution < 1.29 is 46.9 Å². The minimum atomic E-state index is -3.07. The Morgan fingerprint density at radius 2 is 1.82 bits per heavy atom. The predicted octanol–water partition coefficient (Wildman–Crippen LogP) is 0.842. The molecule has 12 heteroatoms. The standard InChI is InChI=1S/C16H18F2N2O8/c1-3-26-16(24)20-12(21)8-27-13(22)7-19-14(23)9-4-5-10(28-15(17)18)11(6-9)25-2/h4-6,15H,3,7-8H2,1-2H3,(H,19,23)(H,20,21,24). The zero-order valence-electron chi connectivity index (χ0n) is 15.0. The van der Waals surface area contributed by atoms with Gasteiger partial charge in [-0.25, -0.2) is 4.79 Å². The largest absolute Gasteiger partial charge is 0.493 e. The molecule has 10 nitrogen and oxygen atoms in total. The molecule has 0 fully saturated rings. The molecule has 0 spiro atoms. The third kappa shape index (κ3) is 7.85. The summed E-state index contributed by atoms with van der Waals surface area (Å²) in [5.74, 6) is -2.95. The van der Waals surface area contributed by atoms with Crippen LogP contribution >= 0.6 is 0 Å². The summed E-state index contributed by atoms with van der Waals surface area (Å²) >= 11 is 0. The number of alkyl carbamates (subject to hydrolysis) is 1. The van der Waals surface area contributed by atoms with E-state index in [4.69, 9.17) is 4.74 Å². The highest BCUT2D eigenvalue weighted by atomic mass is 19.3. The summed E-state index contributed by atoms with van der Waals surface area (Å²) in [5, 5.41) is 4.03. The lowest BCUT2D eigenvalue weighted by Crippen LogP contribution is -2.36. The number of ether oxygens (including phenoxy) is 4. The number of amides is 3. The Morgan fingerprint density at radius 1 is 1.11 bits per heavy atom. The number of methoxy groups -OCH3 is 1. The van der Waals surface area contributed by atoms with Gasteiger partial charge in [0, 0.05) is 5.56 Å². The number of carbonyl (C=O) groups is 4. The van der Waals surface area contributed by atoms with Crippen LogP contribution in [0.5, 0.6) is 11.5 Å². The number of benzene rings is 1. The van der Waals surface area contributed by atoms with E-state index < -0.39 is 43.6 Å². The minimum Gasteiger partial charge on any atom is -0.493 e. The summed E-state index contributed by atoms with van der Waals surface area (Å²) in [5.41, 5.74) is 0.00585. The normalized spacial score (nSPS) is 10.0. The van der Waals surface area contributed by atoms with Crippen LogP contribution in [0.4, 0.5) is 13.6 Å². The van der Waals surface area contributed by atoms with E-state index in [1.54, 1.807) is 6.92 Å². The number of alkyl halides is 2. The number of hydrogen-bond donors (Lipinski definition) is 2. The summed E-state index contributed by atoms with van der Waals surface area (Å²) in [7, 11) is 1.20. The summed E-state index contributed by atoms with van der Waals surface area (Å²) in [6.45, 7) is -2.79. The van der Waals surface area contributed by atoms with Crippen LogP contribution in [0.2, 0.25) is 0 Å². The van der Waals surface area contributed by atoms with Gasteiger partial charge in [-0.3, -0.25) is 19.7 Å². The molecule has 0 saturated carbocycles. The lowest BCUT2D eigenvalue weighted by atomic mass is 10.2. The number of hydrogen-bond acceptors (Lipinski definition) is 8. The van der Waals surface area contributed by atoms with Gasteiger partial charge in [0.15, 0.2) is 18.1 Å². The van der Waals surface area contributed by atoms with Gasteiger partial charge in [0.2, 0.25) is 0 Å². The average molecular weight is 404 g/mol. The zero-order valence-corrected chi connectivity index (χ0v) is 15.0. The molecular weight excluding hydrogens is 386 g/mol. The molecule has 0 radical (unpaired) electrons. The van der Waals surface area contributed by atoms with Crippen molar-refractivity contribution in [1.29, 1.82) is 0 Å². The van der Waals surface area contributed by atoms with E-state index in [0.717, 1.165) is 12.1 Å². The molecule has 1 rings (SSSR count). The Labute approximate surface area is 158 Å². The summed E-state index contributed by atoms with van der Waals surface area (Å²) in [6, 6.07) is 3.44. The minimum absolute atomic E-state index is 0.00585. The maximum atomic E-state index is 12.3. The first-order valence-electron chi connectivity index (χ1n) is 7.80. The van der Waals surface area contributed by atoms with Crippen molar-refractivity contribution in [2.24, 2.45) is 0 Å². The van der Waals surface area contributed by atoms with Gasteiger partial charge in [0.1, 0.15) is 6.54 Å². The first kappa shape index (κ1) is 22.6. The smallest absolute Gasteiger partial charge is 0.413 e. The molecule has 0 saturated heterocycles. The van der Waals surface area contributed by atoms with Crippen molar-refractivity contribution in [2.75, 3.05) is 26.9 Å². The van der Waals surface area contributed by atoms with E-state index in [1.165, 1.54) is 13.2 Å². The van der Waals surface area contributed by atoms with Crippen molar-refractivity contribution in [2.45, 2.75) is 13.5 Å². The molecule has 1 aromatic carbocycles. The quantitative estimate of drug-likeness (QED) is 0.580. The van der Waals surface area contributed by atoms with Crippen LogP contribution in [0.15, 0.2) is 18.2 Å². The summed E-state index contributed by atoms with van der Waals surface area (Å²) in [6.07, 6.45) is -0.981. The number of esters is 1. The number of nitrogens with one attached hydrogen (secondary N) is 2. The lowest BCUT2D eigenvalue weighted by Gasteiger charge is -2.11. The number of carbonyl (C=O) groups excluding carboxylic acids is 4. The Bertz CT molecular complexity index is 727. The molecule has 0 heterocycles. The predicted molar refractivity (Wildman–Crippen MR) is 88.1 cm³/mol. The number of imide groups is 1. The number of rotatable bonds is 9. The van der Waals surface area contributed by atoms with Crippen LogP contribution in [0.25, 0.3) is 0 Å². The molecule has 0 aliphatic heterocycles. The Balaban J connectivity index is 2.50. The first-order valence-corrected chi connectivity index (χ1v) is 7.80. The van der Waals surface area contributed by atoms with E-state index in [-0.39, 0.29) is 23.7 Å². The van der Waals surface area contributed by atoms with Gasteiger partial charge in [0.05, 0.1) is 13.7 Å². The van der Waals surface area contributed by atoms with Crippen molar-refractivity contribution >= 4 is 23.9 Å². The second-order valence-corrected chi connectivity index (χ2v) is 4.86. The Kier molecular flexibility index (Phi) is 9.13. The van der Waals surface area contributed by atoms with E-state index in [9.17, 15) is 28.0 Å². The molecule has 0 atom stereocenters. The fourth-order valence-corrected chi connectivity index (χ4v) is 1.77. The molecule has 2 N–H and O–H groups in total. The third-order valence-corrected chi connectivity index (χ3v) is 2.92. The van der Waals surface area contributed by atoms with Crippen molar-refractivity contribution in [3.63, 3.8) is 0 Å². The van der Waals surface area contributed by atoms with Crippen LogP contribution in [-0.4, -0.2) is 57.4 Å². The summed E-state index contributed by atoms with van der Waals surface area (Å²) < 4.78 is 42.7. The third-order valence-electron chi connectivity index (χ3n) is 2.92. The fourth-order valence-electron chi connectivity index (χ4n) is 1.77. The van der Waals surface area contributed by atoms with Crippen LogP contribution in [0.3, 0.4) is 0 Å². The van der Waals surface area contributed by atoms with E-state index in [0.29, 0.717) is 0 Å². The molecule has 154 valence electrons. The second kappa shape index (κ2) is 11.3. The molecule has 0 aliphatic carbocycles. The highest BCUT2D eigenvalue weighted by molar-refractivity contribution is 5.97. The van der Waals surface area contributed by atoms with Gasteiger partial charge < -0.3 is 24.3 Å². The van der Waals surface area contributed by atoms with Gasteiger partial charge in [-0.2, -0.15) is 8.78 Å².